The van der Waals surface area contributed by atoms with Crippen LogP contribution in [0.5, 0.6) is 0 Å². The molecule has 3 aromatic rings. The summed E-state index contributed by atoms with van der Waals surface area (Å²) in [6.07, 6.45) is 0.755. The molecular formula is C19H22ClN3OS. The van der Waals surface area contributed by atoms with E-state index in [-0.39, 0.29) is 12.4 Å². The molecule has 1 aromatic heterocycles. The van der Waals surface area contributed by atoms with Gasteiger partial charge in [0, 0.05) is 29.2 Å². The molecule has 132 valence electrons. The van der Waals surface area contributed by atoms with Crippen LogP contribution < -0.4 is 5.73 Å². The molecule has 4 nitrogen and oxygen atoms in total. The van der Waals surface area contributed by atoms with Gasteiger partial charge in [-0.1, -0.05) is 35.5 Å². The maximum Gasteiger partial charge on any atom is 0.227 e. The molecule has 2 N–H and O–H groups in total. The summed E-state index contributed by atoms with van der Waals surface area (Å²) < 4.78 is 5.36. The number of nitrogens with zero attached hydrogens (tertiary/aromatic N) is 2. The Bertz CT molecular complexity index is 818. The number of halogens is 1. The SMILES string of the molecule is Cc1ccc(SCCc2nc(-c3ccc(CN)cc3)no2)cc1C.Cl. The van der Waals surface area contributed by atoms with Crippen molar-refractivity contribution in [2.24, 2.45) is 5.73 Å². The summed E-state index contributed by atoms with van der Waals surface area (Å²) in [7, 11) is 0. The number of nitrogens with two attached hydrogens (primary N) is 1. The quantitative estimate of drug-likeness (QED) is 0.639. The minimum atomic E-state index is 0. The van der Waals surface area contributed by atoms with E-state index in [1.807, 2.05) is 24.3 Å². The first kappa shape index (κ1) is 19.5. The molecule has 0 aliphatic heterocycles. The Morgan fingerprint density at radius 3 is 2.48 bits per heavy atom. The molecule has 0 atom stereocenters. The Morgan fingerprint density at radius 1 is 1.04 bits per heavy atom. The predicted octanol–water partition coefficient (Wildman–Crippen LogP) is 4.57. The van der Waals surface area contributed by atoms with E-state index in [0.717, 1.165) is 23.3 Å². The van der Waals surface area contributed by atoms with E-state index in [0.29, 0.717) is 18.3 Å². The molecule has 3 rings (SSSR count). The number of hydrogen-bond acceptors (Lipinski definition) is 5. The van der Waals surface area contributed by atoms with Gasteiger partial charge in [-0.15, -0.1) is 24.2 Å². The fourth-order valence-corrected chi connectivity index (χ4v) is 3.26. The fraction of sp³-hybridized carbons (Fsp3) is 0.263. The van der Waals surface area contributed by atoms with Crippen LogP contribution in [0.2, 0.25) is 0 Å². The molecule has 0 saturated carbocycles. The second-order valence-corrected chi connectivity index (χ2v) is 6.93. The number of aryl methyl sites for hydroxylation is 3. The molecular weight excluding hydrogens is 354 g/mol. The third-order valence-electron chi connectivity index (χ3n) is 3.98. The van der Waals surface area contributed by atoms with E-state index < -0.39 is 0 Å². The van der Waals surface area contributed by atoms with Crippen molar-refractivity contribution < 1.29 is 4.52 Å². The Hall–Kier alpha value is -1.82. The first-order chi connectivity index (χ1) is 11.7. The molecule has 1 heterocycles. The van der Waals surface area contributed by atoms with Crippen LogP contribution in [0.1, 0.15) is 22.6 Å². The van der Waals surface area contributed by atoms with E-state index in [4.69, 9.17) is 10.3 Å². The normalized spacial score (nSPS) is 10.5. The third kappa shape index (κ3) is 5.08. The molecule has 0 radical (unpaired) electrons. The topological polar surface area (TPSA) is 64.9 Å². The fourth-order valence-electron chi connectivity index (χ4n) is 2.32. The Morgan fingerprint density at radius 2 is 1.80 bits per heavy atom. The number of hydrogen-bond donors (Lipinski definition) is 1. The standard InChI is InChI=1S/C19H21N3OS.ClH/c1-13-3-8-17(11-14(13)2)24-10-9-18-21-19(22-23-18)16-6-4-15(12-20)5-7-16;/h3-8,11H,9-10,12,20H2,1-2H3;1H. The molecule has 0 amide bonds. The zero-order valence-corrected chi connectivity index (χ0v) is 16.0. The highest BCUT2D eigenvalue weighted by Crippen LogP contribution is 2.22. The minimum absolute atomic E-state index is 0. The minimum Gasteiger partial charge on any atom is -0.339 e. The van der Waals surface area contributed by atoms with Gasteiger partial charge in [0.15, 0.2) is 0 Å². The Kier molecular flexibility index (Phi) is 7.05. The highest BCUT2D eigenvalue weighted by molar-refractivity contribution is 7.99. The molecule has 0 fully saturated rings. The van der Waals surface area contributed by atoms with Crippen LogP contribution >= 0.6 is 24.2 Å². The lowest BCUT2D eigenvalue weighted by Crippen LogP contribution is -1.95. The van der Waals surface area contributed by atoms with Crippen molar-refractivity contribution in [3.63, 3.8) is 0 Å². The molecule has 25 heavy (non-hydrogen) atoms. The van der Waals surface area contributed by atoms with Gasteiger partial charge in [0.1, 0.15) is 0 Å². The molecule has 0 spiro atoms. The second kappa shape index (κ2) is 9.04. The van der Waals surface area contributed by atoms with Gasteiger partial charge in [-0.3, -0.25) is 0 Å². The Labute approximate surface area is 158 Å². The summed E-state index contributed by atoms with van der Waals surface area (Å²) in [5.41, 5.74) is 10.3. The van der Waals surface area contributed by atoms with Crippen LogP contribution in [-0.2, 0) is 13.0 Å². The molecule has 0 aliphatic carbocycles. The average Bonchev–Trinajstić information content (AvgIpc) is 3.07. The van der Waals surface area contributed by atoms with Crippen LogP contribution in [0, 0.1) is 13.8 Å². The lowest BCUT2D eigenvalue weighted by atomic mass is 10.1. The van der Waals surface area contributed by atoms with Gasteiger partial charge in [0.25, 0.3) is 0 Å². The highest BCUT2D eigenvalue weighted by Gasteiger charge is 2.09. The van der Waals surface area contributed by atoms with Crippen molar-refractivity contribution in [1.82, 2.24) is 10.1 Å². The summed E-state index contributed by atoms with van der Waals surface area (Å²) in [6, 6.07) is 14.5. The molecule has 6 heteroatoms. The van der Waals surface area contributed by atoms with E-state index in [1.165, 1.54) is 16.0 Å². The third-order valence-corrected chi connectivity index (χ3v) is 4.97. The van der Waals surface area contributed by atoms with Crippen LogP contribution in [0.15, 0.2) is 51.9 Å². The van der Waals surface area contributed by atoms with Gasteiger partial charge in [0.2, 0.25) is 11.7 Å². The largest absolute Gasteiger partial charge is 0.339 e. The first-order valence-electron chi connectivity index (χ1n) is 7.98. The molecule has 0 unspecified atom stereocenters. The maximum absolute atomic E-state index is 5.61. The van der Waals surface area contributed by atoms with Crippen molar-refractivity contribution in [3.8, 4) is 11.4 Å². The van der Waals surface area contributed by atoms with Crippen molar-refractivity contribution >= 4 is 24.2 Å². The average molecular weight is 376 g/mol. The zero-order chi connectivity index (χ0) is 16.9. The molecule has 0 aliphatic rings. The van der Waals surface area contributed by atoms with Gasteiger partial charge in [-0.25, -0.2) is 0 Å². The summed E-state index contributed by atoms with van der Waals surface area (Å²) in [6.45, 7) is 4.80. The van der Waals surface area contributed by atoms with Gasteiger partial charge >= 0.3 is 0 Å². The van der Waals surface area contributed by atoms with Crippen molar-refractivity contribution in [1.29, 1.82) is 0 Å². The van der Waals surface area contributed by atoms with Crippen LogP contribution in [0.4, 0.5) is 0 Å². The maximum atomic E-state index is 5.61. The summed E-state index contributed by atoms with van der Waals surface area (Å²) in [4.78, 5) is 5.75. The number of rotatable bonds is 6. The summed E-state index contributed by atoms with van der Waals surface area (Å²) >= 11 is 1.81. The monoisotopic (exact) mass is 375 g/mol. The van der Waals surface area contributed by atoms with Crippen LogP contribution in [-0.4, -0.2) is 15.9 Å². The van der Waals surface area contributed by atoms with E-state index in [9.17, 15) is 0 Å². The van der Waals surface area contributed by atoms with E-state index in [1.54, 1.807) is 11.8 Å². The van der Waals surface area contributed by atoms with Crippen molar-refractivity contribution in [2.45, 2.75) is 31.7 Å². The number of thioether (sulfide) groups is 1. The molecule has 0 saturated heterocycles. The number of benzene rings is 2. The van der Waals surface area contributed by atoms with Gasteiger partial charge < -0.3 is 10.3 Å². The highest BCUT2D eigenvalue weighted by atomic mass is 35.5. The summed E-state index contributed by atoms with van der Waals surface area (Å²) in [5.74, 6) is 2.21. The van der Waals surface area contributed by atoms with Gasteiger partial charge in [0.05, 0.1) is 0 Å². The lowest BCUT2D eigenvalue weighted by molar-refractivity contribution is 0.383. The first-order valence-corrected chi connectivity index (χ1v) is 8.96. The van der Waals surface area contributed by atoms with Crippen LogP contribution in [0.3, 0.4) is 0 Å². The predicted molar refractivity (Wildman–Crippen MR) is 105 cm³/mol. The smallest absolute Gasteiger partial charge is 0.227 e. The van der Waals surface area contributed by atoms with Gasteiger partial charge in [-0.05, 0) is 42.7 Å². The van der Waals surface area contributed by atoms with Crippen molar-refractivity contribution in [3.05, 3.63) is 65.0 Å². The molecule has 2 aromatic carbocycles. The number of aromatic nitrogens is 2. The zero-order valence-electron chi connectivity index (χ0n) is 14.4. The summed E-state index contributed by atoms with van der Waals surface area (Å²) in [5, 5.41) is 4.07. The van der Waals surface area contributed by atoms with E-state index >= 15 is 0 Å². The van der Waals surface area contributed by atoms with Crippen molar-refractivity contribution in [2.75, 3.05) is 5.75 Å². The van der Waals surface area contributed by atoms with Crippen LogP contribution in [0.25, 0.3) is 11.4 Å². The van der Waals surface area contributed by atoms with Gasteiger partial charge in [-0.2, -0.15) is 4.98 Å². The Balaban J connectivity index is 0.00000225. The second-order valence-electron chi connectivity index (χ2n) is 5.76. The lowest BCUT2D eigenvalue weighted by Gasteiger charge is -2.03. The molecule has 0 bridgehead atoms. The van der Waals surface area contributed by atoms with E-state index in [2.05, 4.69) is 42.2 Å².